The SMILES string of the molecule is CCOC(=O)C1=NN(C(=O)c2ccccc2)[C@H]2C(=O)N(CC)C(=O)[C@@H]12. The second-order valence-corrected chi connectivity index (χ2v) is 5.56. The van der Waals surface area contributed by atoms with Crippen molar-refractivity contribution in [1.29, 1.82) is 0 Å². The summed E-state index contributed by atoms with van der Waals surface area (Å²) >= 11 is 0. The molecular formula is C17H17N3O5. The van der Waals surface area contributed by atoms with Crippen molar-refractivity contribution in [2.24, 2.45) is 11.0 Å². The number of nitrogens with zero attached hydrogens (tertiary/aromatic N) is 3. The predicted octanol–water partition coefficient (Wildman–Crippen LogP) is 0.435. The largest absolute Gasteiger partial charge is 0.461 e. The van der Waals surface area contributed by atoms with Crippen LogP contribution in [-0.2, 0) is 19.1 Å². The van der Waals surface area contributed by atoms with Gasteiger partial charge >= 0.3 is 5.97 Å². The van der Waals surface area contributed by atoms with Crippen LogP contribution < -0.4 is 0 Å². The van der Waals surface area contributed by atoms with Crippen molar-refractivity contribution in [2.75, 3.05) is 13.2 Å². The minimum atomic E-state index is -1.14. The Hall–Kier alpha value is -3.03. The second-order valence-electron chi connectivity index (χ2n) is 5.56. The highest BCUT2D eigenvalue weighted by atomic mass is 16.5. The first-order valence-corrected chi connectivity index (χ1v) is 8.00. The Morgan fingerprint density at radius 3 is 2.40 bits per heavy atom. The van der Waals surface area contributed by atoms with E-state index in [1.807, 2.05) is 0 Å². The lowest BCUT2D eigenvalue weighted by atomic mass is 9.97. The number of hydrazone groups is 1. The lowest BCUT2D eigenvalue weighted by Gasteiger charge is -2.19. The van der Waals surface area contributed by atoms with Crippen LogP contribution in [-0.4, -0.2) is 58.5 Å². The third kappa shape index (κ3) is 2.59. The summed E-state index contributed by atoms with van der Waals surface area (Å²) in [6.45, 7) is 3.54. The fourth-order valence-corrected chi connectivity index (χ4v) is 3.04. The van der Waals surface area contributed by atoms with Crippen LogP contribution in [0.15, 0.2) is 35.4 Å². The molecule has 3 rings (SSSR count). The number of carbonyl (C=O) groups is 4. The predicted molar refractivity (Wildman–Crippen MR) is 86.4 cm³/mol. The van der Waals surface area contributed by atoms with E-state index in [1.165, 1.54) is 0 Å². The molecule has 0 aliphatic carbocycles. The molecular weight excluding hydrogens is 326 g/mol. The summed E-state index contributed by atoms with van der Waals surface area (Å²) in [6, 6.07) is 7.12. The Morgan fingerprint density at radius 1 is 1.12 bits per heavy atom. The molecule has 1 aromatic rings. The number of likely N-dealkylation sites (tertiary alicyclic amines) is 1. The average Bonchev–Trinajstić information content (AvgIpc) is 3.13. The molecule has 3 amide bonds. The molecule has 1 fully saturated rings. The maximum atomic E-state index is 12.7. The highest BCUT2D eigenvalue weighted by molar-refractivity contribution is 6.44. The molecule has 2 aliphatic rings. The van der Waals surface area contributed by atoms with Crippen molar-refractivity contribution in [2.45, 2.75) is 19.9 Å². The summed E-state index contributed by atoms with van der Waals surface area (Å²) in [5, 5.41) is 4.93. The van der Waals surface area contributed by atoms with Gasteiger partial charge in [-0.05, 0) is 26.0 Å². The van der Waals surface area contributed by atoms with E-state index in [4.69, 9.17) is 4.74 Å². The number of amides is 3. The van der Waals surface area contributed by atoms with Gasteiger partial charge in [-0.3, -0.25) is 19.3 Å². The first-order valence-electron chi connectivity index (χ1n) is 8.00. The van der Waals surface area contributed by atoms with Crippen molar-refractivity contribution < 1.29 is 23.9 Å². The number of esters is 1. The van der Waals surface area contributed by atoms with Crippen molar-refractivity contribution >= 4 is 29.4 Å². The van der Waals surface area contributed by atoms with Gasteiger partial charge in [-0.2, -0.15) is 5.10 Å². The van der Waals surface area contributed by atoms with Gasteiger partial charge < -0.3 is 4.74 Å². The molecule has 1 saturated heterocycles. The highest BCUT2D eigenvalue weighted by Crippen LogP contribution is 2.33. The Balaban J connectivity index is 2.03. The minimum Gasteiger partial charge on any atom is -0.461 e. The summed E-state index contributed by atoms with van der Waals surface area (Å²) in [4.78, 5) is 51.1. The molecule has 0 spiro atoms. The zero-order valence-corrected chi connectivity index (χ0v) is 13.8. The molecule has 130 valence electrons. The Morgan fingerprint density at radius 2 is 1.80 bits per heavy atom. The van der Waals surface area contributed by atoms with E-state index in [1.54, 1.807) is 44.2 Å². The van der Waals surface area contributed by atoms with Crippen LogP contribution in [0, 0.1) is 5.92 Å². The van der Waals surface area contributed by atoms with Gasteiger partial charge in [0.15, 0.2) is 11.8 Å². The first kappa shape index (κ1) is 16.8. The molecule has 0 aromatic heterocycles. The quantitative estimate of drug-likeness (QED) is 0.584. The number of carbonyl (C=O) groups excluding carboxylic acids is 4. The van der Waals surface area contributed by atoms with Crippen molar-refractivity contribution in [3.8, 4) is 0 Å². The molecule has 0 saturated carbocycles. The van der Waals surface area contributed by atoms with Crippen LogP contribution in [0.4, 0.5) is 0 Å². The zero-order chi connectivity index (χ0) is 18.1. The number of hydrogen-bond acceptors (Lipinski definition) is 6. The summed E-state index contributed by atoms with van der Waals surface area (Å²) in [5.74, 6) is -3.52. The molecule has 2 aliphatic heterocycles. The van der Waals surface area contributed by atoms with E-state index in [0.717, 1.165) is 9.91 Å². The van der Waals surface area contributed by atoms with Crippen LogP contribution in [0.3, 0.4) is 0 Å². The monoisotopic (exact) mass is 343 g/mol. The van der Waals surface area contributed by atoms with Crippen LogP contribution in [0.25, 0.3) is 0 Å². The Kier molecular flexibility index (Phi) is 4.35. The number of likely N-dealkylation sites (N-methyl/N-ethyl adjacent to an activating group) is 1. The number of imide groups is 1. The highest BCUT2D eigenvalue weighted by Gasteiger charge is 2.59. The molecule has 0 unspecified atom stereocenters. The molecule has 2 heterocycles. The van der Waals surface area contributed by atoms with Crippen molar-refractivity contribution in [3.63, 3.8) is 0 Å². The molecule has 0 bridgehead atoms. The van der Waals surface area contributed by atoms with E-state index in [9.17, 15) is 19.2 Å². The van der Waals surface area contributed by atoms with E-state index in [-0.39, 0.29) is 18.9 Å². The molecule has 8 nitrogen and oxygen atoms in total. The molecule has 8 heteroatoms. The summed E-state index contributed by atoms with van der Waals surface area (Å²) in [5.41, 5.74) is 0.107. The summed E-state index contributed by atoms with van der Waals surface area (Å²) in [7, 11) is 0. The topological polar surface area (TPSA) is 96.3 Å². The standard InChI is InChI=1S/C17H17N3O5/c1-3-19-15(22)11-12(17(24)25-4-2)18-20(13(11)16(19)23)14(21)10-8-6-5-7-9-10/h5-9,11,13H,3-4H2,1-2H3/t11-,13+/m0/s1. The van der Waals surface area contributed by atoms with Crippen molar-refractivity contribution in [1.82, 2.24) is 9.91 Å². The van der Waals surface area contributed by atoms with Gasteiger partial charge in [0.05, 0.1) is 6.61 Å². The zero-order valence-electron chi connectivity index (χ0n) is 13.8. The molecule has 1 aromatic carbocycles. The Bertz CT molecular complexity index is 774. The van der Waals surface area contributed by atoms with E-state index in [2.05, 4.69) is 5.10 Å². The minimum absolute atomic E-state index is 0.0987. The van der Waals surface area contributed by atoms with Crippen LogP contribution in [0.1, 0.15) is 24.2 Å². The van der Waals surface area contributed by atoms with Gasteiger partial charge in [-0.15, -0.1) is 0 Å². The van der Waals surface area contributed by atoms with Gasteiger partial charge in [-0.1, -0.05) is 18.2 Å². The first-order chi connectivity index (χ1) is 12.0. The number of rotatable bonds is 4. The van der Waals surface area contributed by atoms with Gasteiger partial charge in [0.2, 0.25) is 5.91 Å². The lowest BCUT2D eigenvalue weighted by molar-refractivity contribution is -0.141. The fraction of sp³-hybridized carbons (Fsp3) is 0.353. The third-order valence-electron chi connectivity index (χ3n) is 4.17. The average molecular weight is 343 g/mol. The third-order valence-corrected chi connectivity index (χ3v) is 4.17. The van der Waals surface area contributed by atoms with Crippen molar-refractivity contribution in [3.05, 3.63) is 35.9 Å². The molecule has 25 heavy (non-hydrogen) atoms. The van der Waals surface area contributed by atoms with Crippen LogP contribution in [0.5, 0.6) is 0 Å². The Labute approximate surface area is 144 Å². The number of ether oxygens (including phenoxy) is 1. The van der Waals surface area contributed by atoms with Gasteiger partial charge in [0.25, 0.3) is 11.8 Å². The maximum Gasteiger partial charge on any atom is 0.355 e. The van der Waals surface area contributed by atoms with Crippen LogP contribution >= 0.6 is 0 Å². The van der Waals surface area contributed by atoms with Gasteiger partial charge in [0, 0.05) is 12.1 Å². The van der Waals surface area contributed by atoms with Crippen LogP contribution in [0.2, 0.25) is 0 Å². The van der Waals surface area contributed by atoms with E-state index >= 15 is 0 Å². The van der Waals surface area contributed by atoms with E-state index in [0.29, 0.717) is 5.56 Å². The molecule has 0 N–H and O–H groups in total. The normalized spacial score (nSPS) is 22.1. The molecule has 2 atom stereocenters. The number of benzene rings is 1. The lowest BCUT2D eigenvalue weighted by Crippen LogP contribution is -2.42. The van der Waals surface area contributed by atoms with Gasteiger partial charge in [0.1, 0.15) is 5.92 Å². The number of hydrogen-bond donors (Lipinski definition) is 0. The molecule has 0 radical (unpaired) electrons. The second kappa shape index (κ2) is 6.46. The summed E-state index contributed by atoms with van der Waals surface area (Å²) < 4.78 is 4.93. The summed E-state index contributed by atoms with van der Waals surface area (Å²) in [6.07, 6.45) is 0. The van der Waals surface area contributed by atoms with E-state index < -0.39 is 35.7 Å². The maximum absolute atomic E-state index is 12.7. The smallest absolute Gasteiger partial charge is 0.355 e. The number of fused-ring (bicyclic) bond motifs is 1. The van der Waals surface area contributed by atoms with Gasteiger partial charge in [-0.25, -0.2) is 9.80 Å². The fourth-order valence-electron chi connectivity index (χ4n) is 3.04.